The molecule has 3 atom stereocenters. The maximum atomic E-state index is 13.5. The maximum absolute atomic E-state index is 13.5. The van der Waals surface area contributed by atoms with E-state index in [1.165, 1.54) is 12.1 Å². The lowest BCUT2D eigenvalue weighted by atomic mass is 9.95. The van der Waals surface area contributed by atoms with E-state index in [1.54, 1.807) is 25.1 Å². The molecule has 3 heterocycles. The highest BCUT2D eigenvalue weighted by Crippen LogP contribution is 2.39. The third-order valence-electron chi connectivity index (χ3n) is 5.84. The predicted molar refractivity (Wildman–Crippen MR) is 118 cm³/mol. The standard InChI is InChI=1S/C22H22N4O5S/c1-12-16(20-24-18-14(30-2)10-7-11-15(18)31-20)22(27)26-19(23-12)17(13-8-5-4-6-9-13)21(25-26)32(3,28)29/h4-11,17,19,21,23,25H,1-3H3. The van der Waals surface area contributed by atoms with Crippen LogP contribution in [0.25, 0.3) is 16.7 Å². The molecule has 9 nitrogen and oxygen atoms in total. The van der Waals surface area contributed by atoms with Gasteiger partial charge in [0.2, 0.25) is 5.89 Å². The molecule has 0 saturated carbocycles. The lowest BCUT2D eigenvalue weighted by Gasteiger charge is -2.34. The second-order valence-corrected chi connectivity index (χ2v) is 10.1. The van der Waals surface area contributed by atoms with Crippen LogP contribution in [0.3, 0.4) is 0 Å². The van der Waals surface area contributed by atoms with Gasteiger partial charge >= 0.3 is 0 Å². The van der Waals surface area contributed by atoms with E-state index < -0.39 is 33.2 Å². The van der Waals surface area contributed by atoms with E-state index in [-0.39, 0.29) is 11.5 Å². The SMILES string of the molecule is COc1cccc2oc(C3=C(C)NC4C(c5ccccc5)C(S(C)(=O)=O)NN4C3=O)nc12. The number of methoxy groups -OCH3 is 1. The number of amides is 1. The summed E-state index contributed by atoms with van der Waals surface area (Å²) >= 11 is 0. The van der Waals surface area contributed by atoms with Crippen molar-refractivity contribution in [2.75, 3.05) is 13.4 Å². The summed E-state index contributed by atoms with van der Waals surface area (Å²) in [5, 5.41) is 3.67. The van der Waals surface area contributed by atoms with Crippen LogP contribution in [0.4, 0.5) is 0 Å². The summed E-state index contributed by atoms with van der Waals surface area (Å²) in [4.78, 5) is 18.0. The number of para-hydroxylation sites is 1. The number of hydrazine groups is 1. The van der Waals surface area contributed by atoms with Crippen LogP contribution in [0.5, 0.6) is 5.75 Å². The zero-order valence-electron chi connectivity index (χ0n) is 17.7. The van der Waals surface area contributed by atoms with Crippen molar-refractivity contribution in [1.82, 2.24) is 20.7 Å². The van der Waals surface area contributed by atoms with E-state index in [1.807, 2.05) is 30.3 Å². The number of aromatic nitrogens is 1. The van der Waals surface area contributed by atoms with Crippen molar-refractivity contribution < 1.29 is 22.4 Å². The fraction of sp³-hybridized carbons (Fsp3) is 0.273. The van der Waals surface area contributed by atoms with E-state index >= 15 is 0 Å². The fourth-order valence-electron chi connectivity index (χ4n) is 4.38. The fourth-order valence-corrected chi connectivity index (χ4v) is 5.52. The van der Waals surface area contributed by atoms with Gasteiger partial charge < -0.3 is 14.5 Å². The van der Waals surface area contributed by atoms with Gasteiger partial charge in [0.15, 0.2) is 20.9 Å². The molecule has 1 saturated heterocycles. The highest BCUT2D eigenvalue weighted by Gasteiger charge is 2.52. The zero-order chi connectivity index (χ0) is 22.6. The average molecular weight is 455 g/mol. The lowest BCUT2D eigenvalue weighted by molar-refractivity contribution is -0.130. The topological polar surface area (TPSA) is 114 Å². The molecule has 0 bridgehead atoms. The van der Waals surface area contributed by atoms with Gasteiger partial charge in [-0.25, -0.2) is 23.8 Å². The molecule has 0 radical (unpaired) electrons. The van der Waals surface area contributed by atoms with E-state index in [0.717, 1.165) is 11.8 Å². The normalized spacial score (nSPS) is 23.4. The monoisotopic (exact) mass is 454 g/mol. The van der Waals surface area contributed by atoms with Crippen LogP contribution < -0.4 is 15.5 Å². The van der Waals surface area contributed by atoms with Crippen molar-refractivity contribution in [2.24, 2.45) is 0 Å². The van der Waals surface area contributed by atoms with Gasteiger partial charge in [-0.15, -0.1) is 0 Å². The second-order valence-electron chi connectivity index (χ2n) is 7.91. The molecule has 2 aliphatic rings. The quantitative estimate of drug-likeness (QED) is 0.615. The van der Waals surface area contributed by atoms with Crippen molar-refractivity contribution in [3.8, 4) is 5.75 Å². The molecule has 2 N–H and O–H groups in total. The van der Waals surface area contributed by atoms with Crippen LogP contribution in [0.1, 0.15) is 24.3 Å². The number of rotatable bonds is 4. The molecule has 1 aromatic heterocycles. The molecule has 3 aromatic rings. The molecule has 0 aliphatic carbocycles. The van der Waals surface area contributed by atoms with Crippen LogP contribution in [0.2, 0.25) is 0 Å². The van der Waals surface area contributed by atoms with Crippen molar-refractivity contribution in [3.05, 3.63) is 65.7 Å². The maximum Gasteiger partial charge on any atom is 0.277 e. The number of oxazole rings is 1. The average Bonchev–Trinajstić information content (AvgIpc) is 3.36. The number of carbonyl (C=O) groups excluding carboxylic acids is 1. The Labute approximate surface area is 184 Å². The minimum Gasteiger partial charge on any atom is -0.494 e. The number of hydrogen-bond acceptors (Lipinski definition) is 8. The molecule has 0 spiro atoms. The Hall–Kier alpha value is -3.37. The highest BCUT2D eigenvalue weighted by atomic mass is 32.2. The molecule has 1 fully saturated rings. The van der Waals surface area contributed by atoms with Gasteiger partial charge in [0.05, 0.1) is 13.0 Å². The molecule has 2 aliphatic heterocycles. The van der Waals surface area contributed by atoms with Crippen LogP contribution in [0, 0.1) is 0 Å². The number of benzene rings is 2. The third-order valence-corrected chi connectivity index (χ3v) is 7.17. The minimum absolute atomic E-state index is 0.138. The van der Waals surface area contributed by atoms with Crippen LogP contribution >= 0.6 is 0 Å². The van der Waals surface area contributed by atoms with Crippen LogP contribution in [0.15, 0.2) is 58.6 Å². The largest absolute Gasteiger partial charge is 0.494 e. The summed E-state index contributed by atoms with van der Waals surface area (Å²) in [5.74, 6) is -0.247. The van der Waals surface area contributed by atoms with Gasteiger partial charge in [-0.3, -0.25) is 4.79 Å². The lowest BCUT2D eigenvalue weighted by Crippen LogP contribution is -2.54. The molecule has 3 unspecified atom stereocenters. The Morgan fingerprint density at radius 2 is 1.88 bits per heavy atom. The number of nitrogens with one attached hydrogen (secondary N) is 2. The van der Waals surface area contributed by atoms with Crippen molar-refractivity contribution >= 4 is 32.4 Å². The Balaban J connectivity index is 1.60. The van der Waals surface area contributed by atoms with Gasteiger partial charge in [-0.1, -0.05) is 36.4 Å². The number of ether oxygens (including phenoxy) is 1. The Bertz CT molecular complexity index is 1350. The molecule has 5 rings (SSSR count). The van der Waals surface area contributed by atoms with Crippen molar-refractivity contribution in [1.29, 1.82) is 0 Å². The minimum atomic E-state index is -3.53. The molecule has 1 amide bonds. The number of nitrogens with zero attached hydrogens (tertiary/aromatic N) is 2. The molecule has 10 heteroatoms. The van der Waals surface area contributed by atoms with Gasteiger partial charge in [0, 0.05) is 12.0 Å². The van der Waals surface area contributed by atoms with Gasteiger partial charge in [0.25, 0.3) is 5.91 Å². The number of fused-ring (bicyclic) bond motifs is 2. The number of allylic oxidation sites excluding steroid dienone is 1. The zero-order valence-corrected chi connectivity index (χ0v) is 18.5. The number of hydrogen-bond donors (Lipinski definition) is 2. The van der Waals surface area contributed by atoms with Crippen LogP contribution in [-0.4, -0.2) is 49.2 Å². The molecular formula is C22H22N4O5S. The second kappa shape index (κ2) is 7.35. The highest BCUT2D eigenvalue weighted by molar-refractivity contribution is 7.91. The van der Waals surface area contributed by atoms with Gasteiger partial charge in [-0.05, 0) is 24.6 Å². The molecule has 2 aromatic carbocycles. The van der Waals surface area contributed by atoms with E-state index in [0.29, 0.717) is 22.5 Å². The first-order valence-corrected chi connectivity index (χ1v) is 12.0. The molecular weight excluding hydrogens is 432 g/mol. The third kappa shape index (κ3) is 3.14. The smallest absolute Gasteiger partial charge is 0.277 e. The first-order chi connectivity index (χ1) is 15.3. The number of sulfone groups is 1. The molecule has 166 valence electrons. The van der Waals surface area contributed by atoms with E-state index in [9.17, 15) is 13.2 Å². The summed E-state index contributed by atoms with van der Waals surface area (Å²) in [5.41, 5.74) is 5.50. The first kappa shape index (κ1) is 20.5. The summed E-state index contributed by atoms with van der Waals surface area (Å²) in [7, 11) is -1.99. The Morgan fingerprint density at radius 1 is 1.12 bits per heavy atom. The molecule has 32 heavy (non-hydrogen) atoms. The van der Waals surface area contributed by atoms with E-state index in [4.69, 9.17) is 9.15 Å². The van der Waals surface area contributed by atoms with Gasteiger partial charge in [-0.2, -0.15) is 0 Å². The number of carbonyl (C=O) groups is 1. The van der Waals surface area contributed by atoms with Crippen LogP contribution in [-0.2, 0) is 14.6 Å². The van der Waals surface area contributed by atoms with Gasteiger partial charge in [0.1, 0.15) is 22.9 Å². The Kier molecular flexibility index (Phi) is 4.72. The predicted octanol–water partition coefficient (Wildman–Crippen LogP) is 2.00. The summed E-state index contributed by atoms with van der Waals surface area (Å²) < 4.78 is 36.4. The van der Waals surface area contributed by atoms with E-state index in [2.05, 4.69) is 15.7 Å². The van der Waals surface area contributed by atoms with Crippen molar-refractivity contribution in [3.63, 3.8) is 0 Å². The summed E-state index contributed by atoms with van der Waals surface area (Å²) in [6, 6.07) is 14.6. The first-order valence-electron chi connectivity index (χ1n) is 10.0. The van der Waals surface area contributed by atoms with Crippen molar-refractivity contribution in [2.45, 2.75) is 24.4 Å². The Morgan fingerprint density at radius 3 is 2.56 bits per heavy atom. The summed E-state index contributed by atoms with van der Waals surface area (Å²) in [6.45, 7) is 1.76. The summed E-state index contributed by atoms with van der Waals surface area (Å²) in [6.07, 6.45) is 0.574.